The number of carbonyl (C=O) groups is 1. The van der Waals surface area contributed by atoms with Crippen molar-refractivity contribution in [2.45, 2.75) is 13.8 Å². The van der Waals surface area contributed by atoms with Crippen LogP contribution < -0.4 is 4.74 Å². The van der Waals surface area contributed by atoms with Crippen molar-refractivity contribution in [1.29, 1.82) is 0 Å². The van der Waals surface area contributed by atoms with Gasteiger partial charge in [0, 0.05) is 24.0 Å². The molecule has 5 nitrogen and oxygen atoms in total. The van der Waals surface area contributed by atoms with Crippen molar-refractivity contribution in [3.8, 4) is 5.75 Å². The number of aliphatic hydroxyl groups excluding tert-OH is 1. The smallest absolute Gasteiger partial charge is 0.289 e. The van der Waals surface area contributed by atoms with Crippen molar-refractivity contribution in [2.24, 2.45) is 0 Å². The summed E-state index contributed by atoms with van der Waals surface area (Å²) in [6.45, 7) is 4.49. The Bertz CT molecular complexity index is 618. The van der Waals surface area contributed by atoms with Gasteiger partial charge in [-0.3, -0.25) is 4.79 Å². The predicted molar refractivity (Wildman–Crippen MR) is 76.2 cm³/mol. The van der Waals surface area contributed by atoms with Crippen LogP contribution in [0.2, 0.25) is 0 Å². The molecule has 0 spiro atoms. The first kappa shape index (κ1) is 14.4. The molecular weight excluding hydrogens is 258 g/mol. The second kappa shape index (κ2) is 5.96. The van der Waals surface area contributed by atoms with Crippen LogP contribution in [0.4, 0.5) is 0 Å². The third-order valence-corrected chi connectivity index (χ3v) is 3.38. The topological polar surface area (TPSA) is 62.9 Å². The zero-order valence-electron chi connectivity index (χ0n) is 12.0. The van der Waals surface area contributed by atoms with Crippen molar-refractivity contribution in [3.05, 3.63) is 29.5 Å². The lowest BCUT2D eigenvalue weighted by Crippen LogP contribution is -2.33. The Hall–Kier alpha value is -2.01. The number of fused-ring (bicyclic) bond motifs is 1. The minimum Gasteiger partial charge on any atom is -0.497 e. The van der Waals surface area contributed by atoms with Crippen LogP contribution in [0.5, 0.6) is 5.75 Å². The molecule has 108 valence electrons. The lowest BCUT2D eigenvalue weighted by molar-refractivity contribution is 0.0701. The van der Waals surface area contributed by atoms with Crippen LogP contribution in [0.3, 0.4) is 0 Å². The molecule has 0 saturated carbocycles. The molecule has 1 aromatic carbocycles. The summed E-state index contributed by atoms with van der Waals surface area (Å²) in [6.07, 6.45) is 0. The first-order valence-electron chi connectivity index (χ1n) is 6.59. The third kappa shape index (κ3) is 2.49. The summed E-state index contributed by atoms with van der Waals surface area (Å²) >= 11 is 0. The minimum atomic E-state index is -0.200. The number of likely N-dealkylation sites (N-methyl/N-ethyl adjacent to an activating group) is 1. The molecular formula is C15H19NO4. The molecule has 0 aliphatic heterocycles. The highest BCUT2D eigenvalue weighted by Gasteiger charge is 2.22. The summed E-state index contributed by atoms with van der Waals surface area (Å²) in [5.74, 6) is 0.848. The fraction of sp³-hybridized carbons (Fsp3) is 0.400. The van der Waals surface area contributed by atoms with Crippen molar-refractivity contribution in [1.82, 2.24) is 4.90 Å². The third-order valence-electron chi connectivity index (χ3n) is 3.38. The number of methoxy groups -OCH3 is 1. The van der Waals surface area contributed by atoms with E-state index in [1.165, 1.54) is 0 Å². The molecule has 0 unspecified atom stereocenters. The lowest BCUT2D eigenvalue weighted by atomic mass is 10.1. The van der Waals surface area contributed by atoms with Crippen LogP contribution in [0.1, 0.15) is 23.0 Å². The Labute approximate surface area is 117 Å². The van der Waals surface area contributed by atoms with E-state index in [1.54, 1.807) is 24.1 Å². The van der Waals surface area contributed by atoms with Crippen LogP contribution in [0.15, 0.2) is 22.6 Å². The van der Waals surface area contributed by atoms with Crippen LogP contribution in [-0.4, -0.2) is 42.7 Å². The van der Waals surface area contributed by atoms with Gasteiger partial charge in [0.05, 0.1) is 13.7 Å². The van der Waals surface area contributed by atoms with E-state index >= 15 is 0 Å². The Morgan fingerprint density at radius 3 is 2.80 bits per heavy atom. The predicted octanol–water partition coefficient (Wildman–Crippen LogP) is 2.20. The van der Waals surface area contributed by atoms with E-state index in [2.05, 4.69) is 0 Å². The van der Waals surface area contributed by atoms with Gasteiger partial charge < -0.3 is 19.2 Å². The molecule has 0 aliphatic carbocycles. The number of ether oxygens (including phenoxy) is 1. The molecule has 0 radical (unpaired) electrons. The zero-order valence-corrected chi connectivity index (χ0v) is 12.0. The molecule has 0 bridgehead atoms. The molecule has 0 fully saturated rings. The average molecular weight is 277 g/mol. The molecule has 20 heavy (non-hydrogen) atoms. The normalized spacial score (nSPS) is 10.8. The second-order valence-electron chi connectivity index (χ2n) is 4.53. The summed E-state index contributed by atoms with van der Waals surface area (Å²) in [5, 5.41) is 9.87. The zero-order chi connectivity index (χ0) is 14.7. The van der Waals surface area contributed by atoms with E-state index in [0.29, 0.717) is 24.4 Å². The summed E-state index contributed by atoms with van der Waals surface area (Å²) in [4.78, 5) is 14.0. The monoisotopic (exact) mass is 277 g/mol. The quantitative estimate of drug-likeness (QED) is 0.910. The maximum atomic E-state index is 12.4. The fourth-order valence-electron chi connectivity index (χ4n) is 2.20. The van der Waals surface area contributed by atoms with E-state index in [4.69, 9.17) is 14.3 Å². The Morgan fingerprint density at radius 1 is 1.45 bits per heavy atom. The number of hydrogen-bond acceptors (Lipinski definition) is 4. The first-order valence-corrected chi connectivity index (χ1v) is 6.59. The molecule has 0 saturated heterocycles. The number of amides is 1. The number of furan rings is 1. The van der Waals surface area contributed by atoms with E-state index in [9.17, 15) is 4.79 Å². The highest BCUT2D eigenvalue weighted by atomic mass is 16.5. The number of rotatable bonds is 5. The van der Waals surface area contributed by atoms with E-state index in [1.807, 2.05) is 19.9 Å². The highest BCUT2D eigenvalue weighted by molar-refractivity contribution is 5.99. The first-order chi connectivity index (χ1) is 9.62. The largest absolute Gasteiger partial charge is 0.497 e. The van der Waals surface area contributed by atoms with Gasteiger partial charge in [-0.25, -0.2) is 0 Å². The molecule has 0 atom stereocenters. The SMILES string of the molecule is CCN(CCO)C(=O)c1oc2ccc(OC)cc2c1C. The molecule has 2 aromatic rings. The maximum absolute atomic E-state index is 12.4. The van der Waals surface area contributed by atoms with Crippen molar-refractivity contribution < 1.29 is 19.1 Å². The molecule has 1 aromatic heterocycles. The summed E-state index contributed by atoms with van der Waals surface area (Å²) in [5.41, 5.74) is 1.45. The van der Waals surface area contributed by atoms with Gasteiger partial charge in [0.2, 0.25) is 0 Å². The summed E-state index contributed by atoms with van der Waals surface area (Å²) < 4.78 is 10.8. The van der Waals surface area contributed by atoms with Crippen LogP contribution in [0, 0.1) is 6.92 Å². The average Bonchev–Trinajstić information content (AvgIpc) is 2.80. The Balaban J connectivity index is 2.44. The van der Waals surface area contributed by atoms with Crippen LogP contribution >= 0.6 is 0 Å². The van der Waals surface area contributed by atoms with Gasteiger partial charge >= 0.3 is 0 Å². The minimum absolute atomic E-state index is 0.0628. The Morgan fingerprint density at radius 2 is 2.20 bits per heavy atom. The Kier molecular flexibility index (Phi) is 4.29. The van der Waals surface area contributed by atoms with Crippen molar-refractivity contribution in [2.75, 3.05) is 26.8 Å². The maximum Gasteiger partial charge on any atom is 0.289 e. The van der Waals surface area contributed by atoms with Gasteiger partial charge in [-0.15, -0.1) is 0 Å². The van der Waals surface area contributed by atoms with Gasteiger partial charge in [-0.2, -0.15) is 0 Å². The molecule has 5 heteroatoms. The number of hydrogen-bond donors (Lipinski definition) is 1. The van der Waals surface area contributed by atoms with Gasteiger partial charge in [0.1, 0.15) is 11.3 Å². The molecule has 1 amide bonds. The van der Waals surface area contributed by atoms with Crippen LogP contribution in [-0.2, 0) is 0 Å². The number of carbonyl (C=O) groups excluding carboxylic acids is 1. The van der Waals surface area contributed by atoms with E-state index in [-0.39, 0.29) is 12.5 Å². The van der Waals surface area contributed by atoms with Gasteiger partial charge in [0.25, 0.3) is 5.91 Å². The molecule has 1 heterocycles. The highest BCUT2D eigenvalue weighted by Crippen LogP contribution is 2.29. The standard InChI is InChI=1S/C15H19NO4/c1-4-16(7-8-17)15(18)14-10(2)12-9-11(19-3)5-6-13(12)20-14/h5-6,9,17H,4,7-8H2,1-3H3. The number of benzene rings is 1. The van der Waals surface area contributed by atoms with Crippen molar-refractivity contribution >= 4 is 16.9 Å². The van der Waals surface area contributed by atoms with E-state index < -0.39 is 0 Å². The number of aryl methyl sites for hydroxylation is 1. The molecule has 1 N–H and O–H groups in total. The van der Waals surface area contributed by atoms with Crippen LogP contribution in [0.25, 0.3) is 11.0 Å². The summed E-state index contributed by atoms with van der Waals surface area (Å²) in [6, 6.07) is 5.44. The van der Waals surface area contributed by atoms with Gasteiger partial charge in [-0.05, 0) is 32.0 Å². The molecule has 2 rings (SSSR count). The molecule has 0 aliphatic rings. The number of nitrogens with zero attached hydrogens (tertiary/aromatic N) is 1. The second-order valence-corrected chi connectivity index (χ2v) is 4.53. The number of aliphatic hydroxyl groups is 1. The van der Waals surface area contributed by atoms with Gasteiger partial charge in [0.15, 0.2) is 5.76 Å². The van der Waals surface area contributed by atoms with E-state index in [0.717, 1.165) is 16.7 Å². The fourth-order valence-corrected chi connectivity index (χ4v) is 2.20. The van der Waals surface area contributed by atoms with Gasteiger partial charge in [-0.1, -0.05) is 0 Å². The van der Waals surface area contributed by atoms with Crippen molar-refractivity contribution in [3.63, 3.8) is 0 Å². The summed E-state index contributed by atoms with van der Waals surface area (Å²) in [7, 11) is 1.60. The lowest BCUT2D eigenvalue weighted by Gasteiger charge is -2.18.